The van der Waals surface area contributed by atoms with Crippen LogP contribution in [0.2, 0.25) is 0 Å². The molecule has 114 valence electrons. The van der Waals surface area contributed by atoms with Crippen molar-refractivity contribution >= 4 is 11.7 Å². The van der Waals surface area contributed by atoms with Gasteiger partial charge >= 0.3 is 6.09 Å². The molecule has 0 saturated heterocycles. The summed E-state index contributed by atoms with van der Waals surface area (Å²) in [7, 11) is 0. The summed E-state index contributed by atoms with van der Waals surface area (Å²) in [4.78, 5) is 22.7. The van der Waals surface area contributed by atoms with Crippen molar-refractivity contribution in [2.24, 2.45) is 0 Å². The maximum absolute atomic E-state index is 12.2. The molecule has 2 heterocycles. The zero-order valence-corrected chi connectivity index (χ0v) is 13.4. The van der Waals surface area contributed by atoms with Gasteiger partial charge in [0.2, 0.25) is 0 Å². The molecule has 0 aliphatic carbocycles. The number of aromatic nitrogens is 2. The molecule has 1 aromatic rings. The summed E-state index contributed by atoms with van der Waals surface area (Å²) in [6.45, 7) is 10.7. The van der Waals surface area contributed by atoms with Gasteiger partial charge in [0.15, 0.2) is 0 Å². The summed E-state index contributed by atoms with van der Waals surface area (Å²) in [5.41, 5.74) is 2.42. The lowest BCUT2D eigenvalue weighted by molar-refractivity contribution is 0.0273. The Morgan fingerprint density at radius 3 is 2.62 bits per heavy atom. The van der Waals surface area contributed by atoms with E-state index in [1.54, 1.807) is 4.90 Å². The van der Waals surface area contributed by atoms with Crippen LogP contribution in [0.15, 0.2) is 12.1 Å². The van der Waals surface area contributed by atoms with Crippen LogP contribution in [0.4, 0.5) is 4.79 Å². The second-order valence-electron chi connectivity index (χ2n) is 6.36. The molecule has 0 unspecified atom stereocenters. The van der Waals surface area contributed by atoms with Gasteiger partial charge in [-0.05, 0) is 52.7 Å². The van der Waals surface area contributed by atoms with Crippen LogP contribution in [0.25, 0.3) is 5.57 Å². The van der Waals surface area contributed by atoms with Gasteiger partial charge in [0.25, 0.3) is 0 Å². The standard InChI is InChI=1S/C16H23N3O2/c1-11-9-14(18-12(2)17-11)13-7-6-8-19(10-13)15(20)21-16(3,4)5/h7,9H,6,8,10H2,1-5H3. The molecular formula is C16H23N3O2. The minimum atomic E-state index is -0.472. The molecule has 5 nitrogen and oxygen atoms in total. The van der Waals surface area contributed by atoms with Gasteiger partial charge in [-0.2, -0.15) is 0 Å². The van der Waals surface area contributed by atoms with E-state index < -0.39 is 5.60 Å². The molecule has 1 amide bonds. The van der Waals surface area contributed by atoms with Crippen molar-refractivity contribution in [1.82, 2.24) is 14.9 Å². The van der Waals surface area contributed by atoms with Crippen LogP contribution in [0.1, 0.15) is 44.4 Å². The lowest BCUT2D eigenvalue weighted by Crippen LogP contribution is -2.39. The van der Waals surface area contributed by atoms with Crippen LogP contribution in [0.5, 0.6) is 0 Å². The fourth-order valence-corrected chi connectivity index (χ4v) is 2.29. The minimum Gasteiger partial charge on any atom is -0.444 e. The maximum Gasteiger partial charge on any atom is 0.410 e. The summed E-state index contributed by atoms with van der Waals surface area (Å²) < 4.78 is 5.44. The first kappa shape index (κ1) is 15.5. The molecule has 1 aromatic heterocycles. The van der Waals surface area contributed by atoms with Gasteiger partial charge in [0, 0.05) is 12.2 Å². The highest BCUT2D eigenvalue weighted by atomic mass is 16.6. The summed E-state index contributed by atoms with van der Waals surface area (Å²) in [5, 5.41) is 0. The van der Waals surface area contributed by atoms with Gasteiger partial charge in [-0.3, -0.25) is 0 Å². The van der Waals surface area contributed by atoms with E-state index in [9.17, 15) is 4.79 Å². The highest BCUT2D eigenvalue weighted by molar-refractivity contribution is 5.74. The molecule has 21 heavy (non-hydrogen) atoms. The van der Waals surface area contributed by atoms with Crippen LogP contribution in [0, 0.1) is 13.8 Å². The predicted octanol–water partition coefficient (Wildman–Crippen LogP) is 3.12. The highest BCUT2D eigenvalue weighted by Crippen LogP contribution is 2.21. The van der Waals surface area contributed by atoms with Gasteiger partial charge in [0.05, 0.1) is 12.2 Å². The minimum absolute atomic E-state index is 0.268. The van der Waals surface area contributed by atoms with E-state index in [4.69, 9.17) is 4.74 Å². The first-order valence-electron chi connectivity index (χ1n) is 7.24. The molecule has 0 bridgehead atoms. The van der Waals surface area contributed by atoms with E-state index in [0.29, 0.717) is 13.1 Å². The number of nitrogens with zero attached hydrogens (tertiary/aromatic N) is 3. The van der Waals surface area contributed by atoms with Crippen molar-refractivity contribution < 1.29 is 9.53 Å². The molecule has 5 heteroatoms. The zero-order valence-electron chi connectivity index (χ0n) is 13.4. The monoisotopic (exact) mass is 289 g/mol. The normalized spacial score (nSPS) is 15.7. The third kappa shape index (κ3) is 4.28. The molecule has 0 spiro atoms. The smallest absolute Gasteiger partial charge is 0.410 e. The van der Waals surface area contributed by atoms with Gasteiger partial charge < -0.3 is 9.64 Å². The number of aryl methyl sites for hydroxylation is 2. The van der Waals surface area contributed by atoms with Crippen molar-refractivity contribution in [2.45, 2.75) is 46.6 Å². The summed E-state index contributed by atoms with van der Waals surface area (Å²) in [6.07, 6.45) is 2.69. The van der Waals surface area contributed by atoms with Crippen LogP contribution < -0.4 is 0 Å². The molecular weight excluding hydrogens is 266 g/mol. The van der Waals surface area contributed by atoms with E-state index in [1.165, 1.54) is 0 Å². The first-order valence-corrected chi connectivity index (χ1v) is 7.24. The number of amides is 1. The average molecular weight is 289 g/mol. The quantitative estimate of drug-likeness (QED) is 0.797. The molecule has 0 aromatic carbocycles. The Bertz CT molecular complexity index is 553. The van der Waals surface area contributed by atoms with Crippen molar-refractivity contribution in [3.63, 3.8) is 0 Å². The molecule has 0 fully saturated rings. The molecule has 2 rings (SSSR count). The Morgan fingerprint density at radius 2 is 2.00 bits per heavy atom. The summed E-state index contributed by atoms with van der Waals surface area (Å²) in [5.74, 6) is 0.750. The average Bonchev–Trinajstić information content (AvgIpc) is 2.36. The lowest BCUT2D eigenvalue weighted by Gasteiger charge is -2.30. The number of hydrogen-bond donors (Lipinski definition) is 0. The Morgan fingerprint density at radius 1 is 1.29 bits per heavy atom. The Kier molecular flexibility index (Phi) is 4.30. The highest BCUT2D eigenvalue weighted by Gasteiger charge is 2.25. The second kappa shape index (κ2) is 5.84. The van der Waals surface area contributed by atoms with Crippen LogP contribution in [-0.4, -0.2) is 39.7 Å². The Hall–Kier alpha value is -1.91. The molecule has 1 aliphatic heterocycles. The van der Waals surface area contributed by atoms with Crippen molar-refractivity contribution in [3.05, 3.63) is 29.4 Å². The van der Waals surface area contributed by atoms with Gasteiger partial charge in [-0.15, -0.1) is 0 Å². The van der Waals surface area contributed by atoms with Gasteiger partial charge in [0.1, 0.15) is 11.4 Å². The number of rotatable bonds is 1. The molecule has 0 N–H and O–H groups in total. The second-order valence-corrected chi connectivity index (χ2v) is 6.36. The Labute approximate surface area is 126 Å². The number of hydrogen-bond acceptors (Lipinski definition) is 4. The van der Waals surface area contributed by atoms with Gasteiger partial charge in [-0.25, -0.2) is 14.8 Å². The summed E-state index contributed by atoms with van der Waals surface area (Å²) in [6, 6.07) is 1.96. The molecule has 0 saturated carbocycles. The zero-order chi connectivity index (χ0) is 15.6. The number of carbonyl (C=O) groups excluding carboxylic acids is 1. The molecule has 1 aliphatic rings. The summed E-state index contributed by atoms with van der Waals surface area (Å²) >= 11 is 0. The number of carbonyl (C=O) groups is 1. The Balaban J connectivity index is 2.13. The third-order valence-electron chi connectivity index (χ3n) is 3.10. The topological polar surface area (TPSA) is 55.3 Å². The van der Waals surface area contributed by atoms with Gasteiger partial charge in [-0.1, -0.05) is 6.08 Å². The fourth-order valence-electron chi connectivity index (χ4n) is 2.29. The largest absolute Gasteiger partial charge is 0.444 e. The lowest BCUT2D eigenvalue weighted by atomic mass is 10.1. The van der Waals surface area contributed by atoms with E-state index in [2.05, 4.69) is 16.0 Å². The SMILES string of the molecule is Cc1cc(C2=CCCN(C(=O)OC(C)(C)C)C2)nc(C)n1. The van der Waals surface area contributed by atoms with Crippen molar-refractivity contribution in [1.29, 1.82) is 0 Å². The van der Waals surface area contributed by atoms with E-state index in [-0.39, 0.29) is 6.09 Å². The van der Waals surface area contributed by atoms with E-state index >= 15 is 0 Å². The van der Waals surface area contributed by atoms with Crippen molar-refractivity contribution in [3.8, 4) is 0 Å². The third-order valence-corrected chi connectivity index (χ3v) is 3.10. The van der Waals surface area contributed by atoms with E-state index in [0.717, 1.165) is 29.2 Å². The predicted molar refractivity (Wildman–Crippen MR) is 81.9 cm³/mol. The van der Waals surface area contributed by atoms with Crippen LogP contribution in [-0.2, 0) is 4.74 Å². The number of ether oxygens (including phenoxy) is 1. The first-order chi connectivity index (χ1) is 9.74. The maximum atomic E-state index is 12.2. The van der Waals surface area contributed by atoms with Crippen LogP contribution >= 0.6 is 0 Å². The molecule has 0 radical (unpaired) electrons. The van der Waals surface area contributed by atoms with Crippen molar-refractivity contribution in [2.75, 3.05) is 13.1 Å². The fraction of sp³-hybridized carbons (Fsp3) is 0.562. The van der Waals surface area contributed by atoms with Crippen LogP contribution in [0.3, 0.4) is 0 Å². The van der Waals surface area contributed by atoms with E-state index in [1.807, 2.05) is 40.7 Å². The molecule has 0 atom stereocenters.